The van der Waals surface area contributed by atoms with Gasteiger partial charge in [0.05, 0.1) is 18.0 Å². The van der Waals surface area contributed by atoms with Crippen molar-refractivity contribution in [3.63, 3.8) is 0 Å². The first-order valence-electron chi connectivity index (χ1n) is 11.5. The van der Waals surface area contributed by atoms with Gasteiger partial charge in [0.25, 0.3) is 5.91 Å². The lowest BCUT2D eigenvalue weighted by Crippen LogP contribution is -2.46. The Hall–Kier alpha value is -3.00. The number of rotatable bonds is 9. The van der Waals surface area contributed by atoms with Crippen molar-refractivity contribution in [2.24, 2.45) is 0 Å². The van der Waals surface area contributed by atoms with Crippen LogP contribution in [0.5, 0.6) is 5.75 Å². The van der Waals surface area contributed by atoms with Crippen LogP contribution in [-0.2, 0) is 16.8 Å². The average molecular weight is 496 g/mol. The minimum Gasteiger partial charge on any atom is -0.488 e. The number of aliphatic hydroxyl groups excluding tert-OH is 1. The Balaban J connectivity index is 1.66. The van der Waals surface area contributed by atoms with E-state index >= 15 is 0 Å². The molecule has 1 atom stereocenters. The van der Waals surface area contributed by atoms with E-state index in [0.29, 0.717) is 11.5 Å². The predicted octanol–water partition coefficient (Wildman–Crippen LogP) is 4.56. The van der Waals surface area contributed by atoms with Crippen molar-refractivity contribution in [3.8, 4) is 16.9 Å². The number of amides is 1. The number of carbonyl (C=O) groups is 2. The minimum atomic E-state index is -1.98. The standard InChI is InChI=1S/C28H33NO5S/c1-18-12-22(13-19(2)25(18)20-6-8-21(9-7-20)27(3,4)5)34-14-23-10-11-24(35-23)26(32)29-15-28(33,16-30)17-31/h6-13,16,31,33H,14-15,17H2,1-5H3,(H,29,32)/t28-/m1/s1. The molecule has 0 aliphatic carbocycles. The Kier molecular flexibility index (Phi) is 8.15. The maximum atomic E-state index is 12.3. The third-order valence-electron chi connectivity index (χ3n) is 5.86. The maximum absolute atomic E-state index is 12.3. The first-order valence-corrected chi connectivity index (χ1v) is 12.3. The van der Waals surface area contributed by atoms with Crippen LogP contribution in [0, 0.1) is 13.8 Å². The second-order valence-electron chi connectivity index (χ2n) is 9.88. The first kappa shape index (κ1) is 26.6. The van der Waals surface area contributed by atoms with Crippen molar-refractivity contribution < 1.29 is 24.5 Å². The molecule has 0 unspecified atom stereocenters. The number of hydrogen-bond acceptors (Lipinski definition) is 6. The average Bonchev–Trinajstić information content (AvgIpc) is 3.29. The Bertz CT molecular complexity index is 1170. The molecule has 3 rings (SSSR count). The largest absolute Gasteiger partial charge is 0.488 e. The quantitative estimate of drug-likeness (QED) is 0.378. The number of nitrogens with one attached hydrogen (secondary N) is 1. The highest BCUT2D eigenvalue weighted by Gasteiger charge is 2.26. The minimum absolute atomic E-state index is 0.112. The molecule has 0 radical (unpaired) electrons. The van der Waals surface area contributed by atoms with Gasteiger partial charge in [-0.15, -0.1) is 11.3 Å². The van der Waals surface area contributed by atoms with Gasteiger partial charge in [-0.3, -0.25) is 9.59 Å². The molecule has 7 heteroatoms. The molecule has 3 aromatic rings. The van der Waals surface area contributed by atoms with Gasteiger partial charge < -0.3 is 20.3 Å². The highest BCUT2D eigenvalue weighted by atomic mass is 32.1. The van der Waals surface area contributed by atoms with E-state index in [1.165, 1.54) is 28.0 Å². The van der Waals surface area contributed by atoms with E-state index in [9.17, 15) is 14.7 Å². The highest BCUT2D eigenvalue weighted by Crippen LogP contribution is 2.33. The maximum Gasteiger partial charge on any atom is 0.261 e. The zero-order valence-corrected chi connectivity index (χ0v) is 21.7. The molecule has 0 bridgehead atoms. The third kappa shape index (κ3) is 6.57. The van der Waals surface area contributed by atoms with E-state index in [-0.39, 0.29) is 18.2 Å². The lowest BCUT2D eigenvalue weighted by molar-refractivity contribution is -0.127. The van der Waals surface area contributed by atoms with Crippen molar-refractivity contribution in [2.45, 2.75) is 52.2 Å². The van der Waals surface area contributed by atoms with Crippen molar-refractivity contribution in [1.82, 2.24) is 5.32 Å². The van der Waals surface area contributed by atoms with Gasteiger partial charge in [0.15, 0.2) is 11.9 Å². The summed E-state index contributed by atoms with van der Waals surface area (Å²) in [4.78, 5) is 24.4. The number of benzene rings is 2. The van der Waals surface area contributed by atoms with Crippen LogP contribution in [0.1, 0.15) is 52.0 Å². The van der Waals surface area contributed by atoms with E-state index in [2.05, 4.69) is 64.2 Å². The second-order valence-corrected chi connectivity index (χ2v) is 11.0. The lowest BCUT2D eigenvalue weighted by atomic mass is 9.85. The number of thiophene rings is 1. The molecule has 186 valence electrons. The smallest absolute Gasteiger partial charge is 0.261 e. The zero-order valence-electron chi connectivity index (χ0n) is 20.8. The molecule has 1 amide bonds. The summed E-state index contributed by atoms with van der Waals surface area (Å²) < 4.78 is 6.01. The van der Waals surface area contributed by atoms with Crippen molar-refractivity contribution >= 4 is 23.5 Å². The van der Waals surface area contributed by atoms with Gasteiger partial charge in [0.2, 0.25) is 0 Å². The Morgan fingerprint density at radius 2 is 1.69 bits per heavy atom. The summed E-state index contributed by atoms with van der Waals surface area (Å²) >= 11 is 1.27. The SMILES string of the molecule is Cc1cc(OCc2ccc(C(=O)NC[C@@](O)(C=O)CO)s2)cc(C)c1-c1ccc(C(C)(C)C)cc1. The van der Waals surface area contributed by atoms with Crippen LogP contribution in [-0.4, -0.2) is 41.2 Å². The van der Waals surface area contributed by atoms with Crippen LogP contribution >= 0.6 is 11.3 Å². The molecule has 0 spiro atoms. The van der Waals surface area contributed by atoms with Gasteiger partial charge in [0.1, 0.15) is 12.4 Å². The molecule has 0 saturated heterocycles. The fourth-order valence-corrected chi connectivity index (χ4v) is 4.62. The van der Waals surface area contributed by atoms with Gasteiger partial charge in [-0.1, -0.05) is 45.0 Å². The predicted molar refractivity (Wildman–Crippen MR) is 139 cm³/mol. The van der Waals surface area contributed by atoms with Gasteiger partial charge in [-0.25, -0.2) is 0 Å². The topological polar surface area (TPSA) is 95.9 Å². The lowest BCUT2D eigenvalue weighted by Gasteiger charge is -2.20. The zero-order chi connectivity index (χ0) is 25.8. The summed E-state index contributed by atoms with van der Waals surface area (Å²) in [7, 11) is 0. The molecule has 3 N–H and O–H groups in total. The molecule has 0 aliphatic rings. The number of carbonyl (C=O) groups excluding carboxylic acids is 2. The van der Waals surface area contributed by atoms with Crippen LogP contribution < -0.4 is 10.1 Å². The molecular weight excluding hydrogens is 462 g/mol. The summed E-state index contributed by atoms with van der Waals surface area (Å²) in [5.41, 5.74) is 4.06. The fourth-order valence-electron chi connectivity index (χ4n) is 3.79. The normalized spacial score (nSPS) is 13.2. The first-order chi connectivity index (χ1) is 16.5. The van der Waals surface area contributed by atoms with Gasteiger partial charge in [0, 0.05) is 4.88 Å². The number of ether oxygens (including phenoxy) is 1. The van der Waals surface area contributed by atoms with Crippen LogP contribution in [0.4, 0.5) is 0 Å². The van der Waals surface area contributed by atoms with Crippen LogP contribution in [0.2, 0.25) is 0 Å². The monoisotopic (exact) mass is 495 g/mol. The van der Waals surface area contributed by atoms with E-state index in [4.69, 9.17) is 9.84 Å². The van der Waals surface area contributed by atoms with Crippen molar-refractivity contribution in [1.29, 1.82) is 0 Å². The van der Waals surface area contributed by atoms with E-state index in [1.807, 2.05) is 18.2 Å². The molecule has 1 heterocycles. The van der Waals surface area contributed by atoms with E-state index < -0.39 is 18.1 Å². The number of aldehydes is 1. The molecule has 2 aromatic carbocycles. The molecular formula is C28H33NO5S. The van der Waals surface area contributed by atoms with Crippen molar-refractivity contribution in [2.75, 3.05) is 13.2 Å². The Morgan fingerprint density at radius 3 is 2.23 bits per heavy atom. The van der Waals surface area contributed by atoms with Gasteiger partial charge in [-0.05, 0) is 71.3 Å². The van der Waals surface area contributed by atoms with Crippen LogP contribution in [0.3, 0.4) is 0 Å². The number of hydrogen-bond donors (Lipinski definition) is 3. The van der Waals surface area contributed by atoms with Crippen LogP contribution in [0.15, 0.2) is 48.5 Å². The number of aryl methyl sites for hydroxylation is 2. The molecule has 0 saturated carbocycles. The Morgan fingerprint density at radius 1 is 1.06 bits per heavy atom. The number of aliphatic hydroxyl groups is 2. The van der Waals surface area contributed by atoms with Crippen LogP contribution in [0.25, 0.3) is 11.1 Å². The summed E-state index contributed by atoms with van der Waals surface area (Å²) in [6.07, 6.45) is 0.219. The van der Waals surface area contributed by atoms with E-state index in [0.717, 1.165) is 21.8 Å². The molecule has 1 aromatic heterocycles. The summed E-state index contributed by atoms with van der Waals surface area (Å²) in [5, 5.41) is 21.3. The van der Waals surface area contributed by atoms with E-state index in [1.54, 1.807) is 6.07 Å². The molecule has 35 heavy (non-hydrogen) atoms. The highest BCUT2D eigenvalue weighted by molar-refractivity contribution is 7.14. The third-order valence-corrected chi connectivity index (χ3v) is 6.92. The fraction of sp³-hybridized carbons (Fsp3) is 0.357. The van der Waals surface area contributed by atoms with Crippen molar-refractivity contribution in [3.05, 3.63) is 75.0 Å². The summed E-state index contributed by atoms with van der Waals surface area (Å²) in [6, 6.07) is 16.2. The molecule has 0 fully saturated rings. The summed E-state index contributed by atoms with van der Waals surface area (Å²) in [6.45, 7) is 9.96. The summed E-state index contributed by atoms with van der Waals surface area (Å²) in [5.74, 6) is 0.331. The molecule has 6 nitrogen and oxygen atoms in total. The van der Waals surface area contributed by atoms with Gasteiger partial charge >= 0.3 is 0 Å². The second kappa shape index (κ2) is 10.7. The molecule has 0 aliphatic heterocycles. The Labute approximate surface area is 210 Å². The van der Waals surface area contributed by atoms with Gasteiger partial charge in [-0.2, -0.15) is 0 Å².